The van der Waals surface area contributed by atoms with Crippen molar-refractivity contribution in [2.75, 3.05) is 18.0 Å². The van der Waals surface area contributed by atoms with E-state index in [9.17, 15) is 4.79 Å². The van der Waals surface area contributed by atoms with Crippen LogP contribution in [-0.2, 0) is 24.4 Å². The molecular formula is C31H42N4O. The summed E-state index contributed by atoms with van der Waals surface area (Å²) in [6.45, 7) is 8.41. The highest BCUT2D eigenvalue weighted by Gasteiger charge is 2.19. The Kier molecular flexibility index (Phi) is 9.60. The van der Waals surface area contributed by atoms with Gasteiger partial charge < -0.3 is 14.4 Å². The largest absolute Gasteiger partial charge is 0.367 e. The van der Waals surface area contributed by atoms with E-state index in [1.54, 1.807) is 0 Å². The Labute approximate surface area is 217 Å². The fourth-order valence-electron chi connectivity index (χ4n) is 5.24. The monoisotopic (exact) mass is 486 g/mol. The quantitative estimate of drug-likeness (QED) is 0.385. The van der Waals surface area contributed by atoms with E-state index in [4.69, 9.17) is 0 Å². The van der Waals surface area contributed by atoms with Gasteiger partial charge in [-0.25, -0.2) is 4.98 Å². The van der Waals surface area contributed by atoms with Crippen molar-refractivity contribution in [1.82, 2.24) is 14.5 Å². The minimum absolute atomic E-state index is 0.234. The summed E-state index contributed by atoms with van der Waals surface area (Å²) < 4.78 is 2.14. The molecule has 0 radical (unpaired) electrons. The molecule has 0 atom stereocenters. The van der Waals surface area contributed by atoms with Crippen molar-refractivity contribution < 1.29 is 4.79 Å². The average Bonchev–Trinajstić information content (AvgIpc) is 3.37. The van der Waals surface area contributed by atoms with Crippen LogP contribution in [0.25, 0.3) is 0 Å². The molecule has 0 aliphatic carbocycles. The first-order valence-electron chi connectivity index (χ1n) is 13.8. The molecule has 192 valence electrons. The van der Waals surface area contributed by atoms with E-state index in [1.165, 1.54) is 48.9 Å². The van der Waals surface area contributed by atoms with E-state index in [1.807, 2.05) is 12.4 Å². The number of imidazole rings is 1. The molecule has 2 aromatic carbocycles. The predicted octanol–water partition coefficient (Wildman–Crippen LogP) is 6.79. The Balaban J connectivity index is 1.54. The number of aromatic nitrogens is 2. The van der Waals surface area contributed by atoms with E-state index >= 15 is 0 Å². The molecule has 1 aliphatic heterocycles. The molecule has 36 heavy (non-hydrogen) atoms. The highest BCUT2D eigenvalue weighted by atomic mass is 16.2. The Morgan fingerprint density at radius 2 is 1.58 bits per heavy atom. The molecule has 0 saturated carbocycles. The van der Waals surface area contributed by atoms with Gasteiger partial charge in [0.1, 0.15) is 5.82 Å². The number of nitrogens with zero attached hydrogens (tertiary/aromatic N) is 4. The van der Waals surface area contributed by atoms with Crippen molar-refractivity contribution in [1.29, 1.82) is 0 Å². The summed E-state index contributed by atoms with van der Waals surface area (Å²) in [6.07, 6.45) is 11.6. The number of hydrogen-bond acceptors (Lipinski definition) is 3. The van der Waals surface area contributed by atoms with Gasteiger partial charge in [0.15, 0.2) is 0 Å². The van der Waals surface area contributed by atoms with Gasteiger partial charge in [0.25, 0.3) is 0 Å². The van der Waals surface area contributed by atoms with Gasteiger partial charge >= 0.3 is 0 Å². The van der Waals surface area contributed by atoms with Crippen LogP contribution in [0.2, 0.25) is 0 Å². The Hall–Kier alpha value is -3.08. The third kappa shape index (κ3) is 7.22. The molecule has 0 saturated heterocycles. The fourth-order valence-corrected chi connectivity index (χ4v) is 5.24. The molecule has 3 aromatic rings. The van der Waals surface area contributed by atoms with Gasteiger partial charge in [-0.15, -0.1) is 0 Å². The minimum atomic E-state index is 0.234. The summed E-state index contributed by atoms with van der Waals surface area (Å²) >= 11 is 0. The van der Waals surface area contributed by atoms with Crippen molar-refractivity contribution in [2.24, 2.45) is 0 Å². The lowest BCUT2D eigenvalue weighted by Gasteiger charge is -2.30. The maximum absolute atomic E-state index is 13.5. The number of aryl methyl sites for hydroxylation is 1. The maximum Gasteiger partial charge on any atom is 0.224 e. The van der Waals surface area contributed by atoms with Crippen LogP contribution in [0.15, 0.2) is 67.0 Å². The summed E-state index contributed by atoms with van der Waals surface area (Å²) in [5.41, 5.74) is 3.83. The zero-order valence-electron chi connectivity index (χ0n) is 22.1. The summed E-state index contributed by atoms with van der Waals surface area (Å²) in [6, 6.07) is 19.4. The summed E-state index contributed by atoms with van der Waals surface area (Å²) in [5.74, 6) is 1.63. The zero-order chi connectivity index (χ0) is 25.2. The third-order valence-corrected chi connectivity index (χ3v) is 7.20. The number of rotatable bonds is 6. The van der Waals surface area contributed by atoms with Gasteiger partial charge in [-0.2, -0.15) is 0 Å². The average molecular weight is 487 g/mol. The highest BCUT2D eigenvalue weighted by molar-refractivity contribution is 5.76. The molecule has 1 aliphatic rings. The molecule has 0 fully saturated rings. The number of benzene rings is 2. The second-order valence-corrected chi connectivity index (χ2v) is 10.4. The van der Waals surface area contributed by atoms with Crippen LogP contribution in [0.1, 0.15) is 81.7 Å². The molecule has 0 N–H and O–H groups in total. The summed E-state index contributed by atoms with van der Waals surface area (Å²) in [4.78, 5) is 22.6. The Morgan fingerprint density at radius 1 is 0.889 bits per heavy atom. The number of amides is 1. The molecule has 5 heteroatoms. The zero-order valence-corrected chi connectivity index (χ0v) is 22.1. The van der Waals surface area contributed by atoms with Gasteiger partial charge in [-0.3, -0.25) is 4.79 Å². The number of para-hydroxylation sites is 1. The molecule has 4 rings (SSSR count). The fraction of sp³-hybridized carbons (Fsp3) is 0.484. The molecule has 1 aromatic heterocycles. The van der Waals surface area contributed by atoms with E-state index in [0.717, 1.165) is 31.9 Å². The van der Waals surface area contributed by atoms with Crippen LogP contribution in [0.5, 0.6) is 0 Å². The molecule has 0 bridgehead atoms. The van der Waals surface area contributed by atoms with Crippen LogP contribution in [-0.4, -0.2) is 33.4 Å². The number of fused-ring (bicyclic) bond motifs is 1. The standard InChI is InChI=1S/C31H42N4O/c1-26(2)31-32-19-23-33(31)22-18-30(36)35-21-13-6-4-3-5-12-20-34(24-27-14-8-7-9-15-27)29-17-11-10-16-28(29)25-35/h7-11,14-17,19,23,26H,3-6,12-13,18,20-22,24-25H2,1-2H3. The highest BCUT2D eigenvalue weighted by Crippen LogP contribution is 2.26. The van der Waals surface area contributed by atoms with Crippen LogP contribution in [0.4, 0.5) is 5.69 Å². The predicted molar refractivity (Wildman–Crippen MR) is 148 cm³/mol. The van der Waals surface area contributed by atoms with Crippen LogP contribution < -0.4 is 4.90 Å². The first kappa shape index (κ1) is 26.0. The van der Waals surface area contributed by atoms with Gasteiger partial charge in [0, 0.05) is 63.1 Å². The van der Waals surface area contributed by atoms with Crippen LogP contribution in [0.3, 0.4) is 0 Å². The number of carbonyl (C=O) groups excluding carboxylic acids is 1. The van der Waals surface area contributed by atoms with E-state index < -0.39 is 0 Å². The SMILES string of the molecule is CC(C)c1nccn1CCC(=O)N1CCCCCCCCN(Cc2ccccc2)c2ccccc2C1. The molecule has 2 heterocycles. The summed E-state index contributed by atoms with van der Waals surface area (Å²) in [5, 5.41) is 0. The van der Waals surface area contributed by atoms with Gasteiger partial charge in [0.2, 0.25) is 5.91 Å². The van der Waals surface area contributed by atoms with Gasteiger partial charge in [-0.1, -0.05) is 88.1 Å². The van der Waals surface area contributed by atoms with Crippen molar-refractivity contribution in [2.45, 2.75) is 84.3 Å². The normalized spacial score (nSPS) is 15.6. The Bertz CT molecular complexity index is 1070. The van der Waals surface area contributed by atoms with Gasteiger partial charge in [0.05, 0.1) is 0 Å². The lowest BCUT2D eigenvalue weighted by Crippen LogP contribution is -2.33. The number of hydrogen-bond donors (Lipinski definition) is 0. The van der Waals surface area contributed by atoms with Crippen molar-refractivity contribution in [3.8, 4) is 0 Å². The molecule has 1 amide bonds. The lowest BCUT2D eigenvalue weighted by atomic mass is 10.1. The first-order chi connectivity index (χ1) is 17.6. The maximum atomic E-state index is 13.5. The van der Waals surface area contributed by atoms with E-state index in [2.05, 4.69) is 87.8 Å². The Morgan fingerprint density at radius 3 is 2.36 bits per heavy atom. The lowest BCUT2D eigenvalue weighted by molar-refractivity contribution is -0.132. The van der Waals surface area contributed by atoms with Crippen LogP contribution in [0, 0.1) is 0 Å². The third-order valence-electron chi connectivity index (χ3n) is 7.20. The van der Waals surface area contributed by atoms with Crippen molar-refractivity contribution in [3.63, 3.8) is 0 Å². The topological polar surface area (TPSA) is 41.4 Å². The van der Waals surface area contributed by atoms with Crippen molar-refractivity contribution in [3.05, 3.63) is 83.9 Å². The summed E-state index contributed by atoms with van der Waals surface area (Å²) in [7, 11) is 0. The smallest absolute Gasteiger partial charge is 0.224 e. The van der Waals surface area contributed by atoms with Crippen molar-refractivity contribution >= 4 is 11.6 Å². The molecular weight excluding hydrogens is 444 g/mol. The molecule has 5 nitrogen and oxygen atoms in total. The van der Waals surface area contributed by atoms with Gasteiger partial charge in [-0.05, 0) is 30.0 Å². The first-order valence-corrected chi connectivity index (χ1v) is 13.8. The van der Waals surface area contributed by atoms with E-state index in [0.29, 0.717) is 25.4 Å². The molecule has 0 unspecified atom stereocenters. The van der Waals surface area contributed by atoms with Crippen LogP contribution >= 0.6 is 0 Å². The second kappa shape index (κ2) is 13.3. The molecule has 0 spiro atoms. The minimum Gasteiger partial charge on any atom is -0.367 e. The van der Waals surface area contributed by atoms with E-state index in [-0.39, 0.29) is 5.91 Å². The second-order valence-electron chi connectivity index (χ2n) is 10.4. The number of carbonyl (C=O) groups is 1. The number of anilines is 1.